The Balaban J connectivity index is 1.65. The van der Waals surface area contributed by atoms with E-state index in [2.05, 4.69) is 17.9 Å². The second kappa shape index (κ2) is 8.99. The first-order valence-electron chi connectivity index (χ1n) is 8.64. The topological polar surface area (TPSA) is 20.3 Å². The minimum atomic E-state index is 0.324. The van der Waals surface area contributed by atoms with Gasteiger partial charge in [-0.15, -0.1) is 0 Å². The van der Waals surface area contributed by atoms with Crippen molar-refractivity contribution in [1.82, 2.24) is 4.90 Å². The van der Waals surface area contributed by atoms with E-state index >= 15 is 0 Å². The lowest BCUT2D eigenvalue weighted by atomic mass is 9.98. The Morgan fingerprint density at radius 3 is 2.57 bits per heavy atom. The van der Waals surface area contributed by atoms with E-state index in [4.69, 9.17) is 0 Å². The van der Waals surface area contributed by atoms with E-state index in [1.807, 2.05) is 18.2 Å². The number of ketones is 1. The number of hydrogen-bond acceptors (Lipinski definition) is 2. The fraction of sp³-hybridized carbons (Fsp3) is 0.632. The van der Waals surface area contributed by atoms with E-state index in [0.29, 0.717) is 12.2 Å². The summed E-state index contributed by atoms with van der Waals surface area (Å²) in [7, 11) is 0. The predicted molar refractivity (Wildman–Crippen MR) is 88.9 cm³/mol. The summed E-state index contributed by atoms with van der Waals surface area (Å²) in [5, 5.41) is 0. The van der Waals surface area contributed by atoms with Gasteiger partial charge in [0.25, 0.3) is 0 Å². The lowest BCUT2D eigenvalue weighted by Crippen LogP contribution is -2.30. The molecular weight excluding hydrogens is 258 g/mol. The maximum absolute atomic E-state index is 12.3. The third kappa shape index (κ3) is 5.28. The molecule has 0 aromatic heterocycles. The number of aryl methyl sites for hydroxylation is 1. The summed E-state index contributed by atoms with van der Waals surface area (Å²) in [4.78, 5) is 14.9. The van der Waals surface area contributed by atoms with Gasteiger partial charge in [-0.3, -0.25) is 4.79 Å². The lowest BCUT2D eigenvalue weighted by molar-refractivity contribution is 0.0977. The van der Waals surface area contributed by atoms with Crippen LogP contribution in [0.5, 0.6) is 0 Å². The summed E-state index contributed by atoms with van der Waals surface area (Å²) in [6.45, 7) is 5.90. The highest BCUT2D eigenvalue weighted by Crippen LogP contribution is 2.15. The average Bonchev–Trinajstić information content (AvgIpc) is 2.55. The third-order valence-electron chi connectivity index (χ3n) is 4.53. The molecule has 0 saturated carbocycles. The molecule has 0 bridgehead atoms. The number of nitrogens with zero attached hydrogens (tertiary/aromatic N) is 1. The molecule has 1 heterocycles. The van der Waals surface area contributed by atoms with E-state index in [1.54, 1.807) is 0 Å². The number of Topliss-reactive ketones (excluding diaryl/α,β-unsaturated/α-hetero) is 1. The summed E-state index contributed by atoms with van der Waals surface area (Å²) in [6.07, 6.45) is 9.23. The van der Waals surface area contributed by atoms with Crippen molar-refractivity contribution < 1.29 is 4.79 Å². The molecule has 116 valence electrons. The number of rotatable bonds is 8. The second-order valence-electron chi connectivity index (χ2n) is 6.15. The van der Waals surface area contributed by atoms with Gasteiger partial charge in [0.05, 0.1) is 0 Å². The van der Waals surface area contributed by atoms with Crippen LogP contribution in [0, 0.1) is 0 Å². The summed E-state index contributed by atoms with van der Waals surface area (Å²) < 4.78 is 0. The van der Waals surface area contributed by atoms with Crippen LogP contribution in [0.3, 0.4) is 0 Å². The van der Waals surface area contributed by atoms with Crippen molar-refractivity contribution in [2.45, 2.75) is 58.3 Å². The van der Waals surface area contributed by atoms with Gasteiger partial charge >= 0.3 is 0 Å². The number of hydrogen-bond donors (Lipinski definition) is 0. The maximum atomic E-state index is 12.3. The molecule has 2 heteroatoms. The molecule has 1 aliphatic heterocycles. The van der Waals surface area contributed by atoms with Crippen molar-refractivity contribution in [3.63, 3.8) is 0 Å². The number of unbranched alkanes of at least 4 members (excludes halogenated alkanes) is 2. The summed E-state index contributed by atoms with van der Waals surface area (Å²) in [6, 6.07) is 8.05. The number of benzene rings is 1. The molecule has 1 fully saturated rings. The van der Waals surface area contributed by atoms with Crippen molar-refractivity contribution in [1.29, 1.82) is 0 Å². The minimum Gasteiger partial charge on any atom is -0.303 e. The molecule has 2 rings (SSSR count). The molecule has 0 atom stereocenters. The molecular formula is C19H29NO. The van der Waals surface area contributed by atoms with Gasteiger partial charge in [0.1, 0.15) is 0 Å². The lowest BCUT2D eigenvalue weighted by Gasteiger charge is -2.26. The van der Waals surface area contributed by atoms with Crippen molar-refractivity contribution in [3.05, 3.63) is 35.4 Å². The third-order valence-corrected chi connectivity index (χ3v) is 4.53. The smallest absolute Gasteiger partial charge is 0.163 e. The summed E-state index contributed by atoms with van der Waals surface area (Å²) in [5.41, 5.74) is 2.13. The first kappa shape index (κ1) is 16.2. The number of likely N-dealkylation sites (tertiary alicyclic amines) is 1. The highest BCUT2D eigenvalue weighted by Gasteiger charge is 2.11. The molecule has 0 N–H and O–H groups in total. The van der Waals surface area contributed by atoms with Gasteiger partial charge in [-0.1, -0.05) is 44.0 Å². The summed E-state index contributed by atoms with van der Waals surface area (Å²) >= 11 is 0. The van der Waals surface area contributed by atoms with Gasteiger partial charge < -0.3 is 4.90 Å². The normalized spacial score (nSPS) is 16.0. The first-order chi connectivity index (χ1) is 10.3. The molecule has 0 amide bonds. The Morgan fingerprint density at radius 1 is 1.05 bits per heavy atom. The van der Waals surface area contributed by atoms with E-state index in [1.165, 1.54) is 57.3 Å². The van der Waals surface area contributed by atoms with Crippen molar-refractivity contribution in [2.24, 2.45) is 0 Å². The Morgan fingerprint density at radius 2 is 1.81 bits per heavy atom. The Hall–Kier alpha value is -1.15. The maximum Gasteiger partial charge on any atom is 0.163 e. The van der Waals surface area contributed by atoms with Crippen molar-refractivity contribution >= 4 is 5.78 Å². The Kier molecular flexibility index (Phi) is 6.94. The highest BCUT2D eigenvalue weighted by atomic mass is 16.1. The van der Waals surface area contributed by atoms with E-state index in [9.17, 15) is 4.79 Å². The largest absolute Gasteiger partial charge is 0.303 e. The molecule has 21 heavy (non-hydrogen) atoms. The monoisotopic (exact) mass is 287 g/mol. The number of carbonyl (C=O) groups excluding carboxylic acids is 1. The van der Waals surface area contributed by atoms with Gasteiger partial charge in [-0.2, -0.15) is 0 Å². The minimum absolute atomic E-state index is 0.324. The molecule has 1 aromatic carbocycles. The second-order valence-corrected chi connectivity index (χ2v) is 6.15. The molecule has 0 unspecified atom stereocenters. The van der Waals surface area contributed by atoms with Crippen LogP contribution in [0.1, 0.15) is 67.8 Å². The molecule has 2 nitrogen and oxygen atoms in total. The van der Waals surface area contributed by atoms with Gasteiger partial charge in [-0.05, 0) is 57.3 Å². The van der Waals surface area contributed by atoms with E-state index < -0.39 is 0 Å². The molecule has 0 aliphatic carbocycles. The fourth-order valence-electron chi connectivity index (χ4n) is 3.22. The number of carbonyl (C=O) groups is 1. The van der Waals surface area contributed by atoms with Crippen LogP contribution < -0.4 is 0 Å². The van der Waals surface area contributed by atoms with Crippen LogP contribution in [-0.2, 0) is 6.42 Å². The van der Waals surface area contributed by atoms with Crippen LogP contribution in [0.15, 0.2) is 24.3 Å². The molecule has 1 aromatic rings. The van der Waals surface area contributed by atoms with Crippen LogP contribution in [0.25, 0.3) is 0 Å². The molecule has 0 spiro atoms. The van der Waals surface area contributed by atoms with Gasteiger partial charge in [0, 0.05) is 12.0 Å². The first-order valence-corrected chi connectivity index (χ1v) is 8.64. The molecule has 1 aliphatic rings. The van der Waals surface area contributed by atoms with E-state index in [-0.39, 0.29) is 0 Å². The number of piperidine rings is 1. The van der Waals surface area contributed by atoms with Crippen LogP contribution in [0.2, 0.25) is 0 Å². The fourth-order valence-corrected chi connectivity index (χ4v) is 3.22. The van der Waals surface area contributed by atoms with Crippen LogP contribution in [0.4, 0.5) is 0 Å². The van der Waals surface area contributed by atoms with Crippen LogP contribution >= 0.6 is 0 Å². The van der Waals surface area contributed by atoms with Crippen molar-refractivity contribution in [2.75, 3.05) is 19.6 Å². The SMILES string of the molecule is CCc1ccccc1C(=O)CCCCCN1CCCCC1. The quantitative estimate of drug-likeness (QED) is 0.519. The zero-order valence-corrected chi connectivity index (χ0v) is 13.4. The average molecular weight is 287 g/mol. The standard InChI is InChI=1S/C19H29NO/c1-2-17-11-6-7-12-18(17)19(21)13-5-3-8-14-20-15-9-4-10-16-20/h6-7,11-12H,2-5,8-10,13-16H2,1H3. The predicted octanol–water partition coefficient (Wildman–Crippen LogP) is 4.48. The highest BCUT2D eigenvalue weighted by molar-refractivity contribution is 5.97. The zero-order valence-electron chi connectivity index (χ0n) is 13.4. The van der Waals surface area contributed by atoms with Crippen LogP contribution in [-0.4, -0.2) is 30.3 Å². The van der Waals surface area contributed by atoms with Gasteiger partial charge in [0.2, 0.25) is 0 Å². The Labute approximate surface area is 129 Å². The molecule has 0 radical (unpaired) electrons. The molecule has 1 saturated heterocycles. The van der Waals surface area contributed by atoms with Crippen molar-refractivity contribution in [3.8, 4) is 0 Å². The van der Waals surface area contributed by atoms with Gasteiger partial charge in [-0.25, -0.2) is 0 Å². The van der Waals surface area contributed by atoms with E-state index in [0.717, 1.165) is 18.4 Å². The van der Waals surface area contributed by atoms with Gasteiger partial charge in [0.15, 0.2) is 5.78 Å². The zero-order chi connectivity index (χ0) is 14.9. The summed E-state index contributed by atoms with van der Waals surface area (Å²) in [5.74, 6) is 0.324. The Bertz CT molecular complexity index is 435.